The zero-order chi connectivity index (χ0) is 24.5. The summed E-state index contributed by atoms with van der Waals surface area (Å²) in [5.41, 5.74) is 2.26. The van der Waals surface area contributed by atoms with Crippen molar-refractivity contribution < 1.29 is 13.3 Å². The van der Waals surface area contributed by atoms with Crippen LogP contribution in [0.25, 0.3) is 0 Å². The molecule has 6 rings (SSSR count). The zero-order valence-electron chi connectivity index (χ0n) is 20.4. The molecule has 3 aliphatic heterocycles. The van der Waals surface area contributed by atoms with Crippen molar-refractivity contribution in [3.8, 4) is 0 Å². The van der Waals surface area contributed by atoms with Crippen LogP contribution in [-0.2, 0) is 14.9 Å². The molecule has 12 heteroatoms. The number of aryl methyl sites for hydroxylation is 1. The van der Waals surface area contributed by atoms with Gasteiger partial charge in [-0.3, -0.25) is 4.90 Å². The van der Waals surface area contributed by atoms with Crippen LogP contribution in [0.15, 0.2) is 28.4 Å². The highest BCUT2D eigenvalue weighted by atomic mass is 32.2. The monoisotopic (exact) mass is 517 g/mol. The molecule has 35 heavy (non-hydrogen) atoms. The maximum atomic E-state index is 13.6. The molecular formula is C23H31N7O3S2. The molecule has 1 aromatic heterocycles. The van der Waals surface area contributed by atoms with Crippen molar-refractivity contribution in [3.63, 3.8) is 0 Å². The van der Waals surface area contributed by atoms with Crippen molar-refractivity contribution in [3.05, 3.63) is 23.2 Å². The molecule has 0 radical (unpaired) electrons. The van der Waals surface area contributed by atoms with E-state index in [1.54, 1.807) is 17.4 Å². The third-order valence-corrected chi connectivity index (χ3v) is 9.45. The number of rotatable bonds is 5. The Morgan fingerprint density at radius 1 is 1.20 bits per heavy atom. The molecule has 2 atom stereocenters. The van der Waals surface area contributed by atoms with Gasteiger partial charge < -0.3 is 20.0 Å². The average molecular weight is 518 g/mol. The van der Waals surface area contributed by atoms with Gasteiger partial charge in [0.15, 0.2) is 5.13 Å². The number of nitrogens with one attached hydrogen (secondary N) is 2. The Labute approximate surface area is 210 Å². The smallest absolute Gasteiger partial charge is 0.254 e. The second-order valence-corrected chi connectivity index (χ2v) is 13.2. The summed E-state index contributed by atoms with van der Waals surface area (Å²) >= 11 is 1.54. The van der Waals surface area contributed by atoms with Crippen LogP contribution < -0.4 is 24.7 Å². The van der Waals surface area contributed by atoms with Crippen molar-refractivity contribution in [2.45, 2.75) is 63.1 Å². The fourth-order valence-electron chi connectivity index (χ4n) is 5.12. The first-order chi connectivity index (χ1) is 16.6. The molecule has 1 aliphatic carbocycles. The van der Waals surface area contributed by atoms with E-state index in [0.29, 0.717) is 19.1 Å². The minimum absolute atomic E-state index is 0.262. The summed E-state index contributed by atoms with van der Waals surface area (Å²) in [7, 11) is -3.72. The van der Waals surface area contributed by atoms with E-state index in [1.807, 2.05) is 31.0 Å². The first kappa shape index (κ1) is 23.0. The Kier molecular flexibility index (Phi) is 5.30. The number of fused-ring (bicyclic) bond motifs is 3. The Hall–Kier alpha value is -2.41. The van der Waals surface area contributed by atoms with Gasteiger partial charge in [0.25, 0.3) is 5.96 Å². The van der Waals surface area contributed by atoms with E-state index in [0.717, 1.165) is 53.0 Å². The van der Waals surface area contributed by atoms with Gasteiger partial charge in [0.2, 0.25) is 10.0 Å². The summed E-state index contributed by atoms with van der Waals surface area (Å²) in [6, 6.07) is 4.14. The Bertz CT molecular complexity index is 1290. The number of guanidine groups is 1. The summed E-state index contributed by atoms with van der Waals surface area (Å²) in [4.78, 5) is 17.8. The van der Waals surface area contributed by atoms with Gasteiger partial charge in [0.05, 0.1) is 28.5 Å². The molecule has 0 bridgehead atoms. The summed E-state index contributed by atoms with van der Waals surface area (Å²) in [6.45, 7) is 10.9. The first-order valence-corrected chi connectivity index (χ1v) is 14.4. The van der Waals surface area contributed by atoms with Crippen LogP contribution in [0.2, 0.25) is 0 Å². The van der Waals surface area contributed by atoms with E-state index in [2.05, 4.69) is 43.8 Å². The van der Waals surface area contributed by atoms with Gasteiger partial charge in [-0.1, -0.05) is 0 Å². The summed E-state index contributed by atoms with van der Waals surface area (Å²) in [6.07, 6.45) is 3.52. The number of hydrogen-bond acceptors (Lipinski definition) is 10. The van der Waals surface area contributed by atoms with E-state index in [1.165, 1.54) is 0 Å². The number of benzene rings is 1. The molecule has 10 nitrogen and oxygen atoms in total. The van der Waals surface area contributed by atoms with Crippen LogP contribution in [0.3, 0.4) is 0 Å². The van der Waals surface area contributed by atoms with Gasteiger partial charge in [-0.25, -0.2) is 18.1 Å². The van der Waals surface area contributed by atoms with E-state index >= 15 is 0 Å². The first-order valence-electron chi connectivity index (χ1n) is 12.1. The second-order valence-electron chi connectivity index (χ2n) is 10.3. The number of oxime groups is 1. The summed E-state index contributed by atoms with van der Waals surface area (Å²) in [5.74, 6) is 0.620. The van der Waals surface area contributed by atoms with Crippen LogP contribution in [0.5, 0.6) is 0 Å². The zero-order valence-corrected chi connectivity index (χ0v) is 22.0. The Balaban J connectivity index is 1.56. The van der Waals surface area contributed by atoms with Crippen LogP contribution in [0, 0.1) is 6.92 Å². The number of nitrogens with zero attached hydrogens (tertiary/aromatic N) is 5. The molecule has 1 aromatic carbocycles. The lowest BCUT2D eigenvalue weighted by Gasteiger charge is -2.39. The van der Waals surface area contributed by atoms with Crippen LogP contribution >= 0.6 is 11.3 Å². The SMILES string of the molecule is Cc1cnc(N2C3=NOCCN3c3c(N4CC(C)NC(C)C4)cc(S(=O)(=O)NC4(C)CC4)cc32)s1. The largest absolute Gasteiger partial charge is 0.391 e. The quantitative estimate of drug-likeness (QED) is 0.624. The van der Waals surface area contributed by atoms with Gasteiger partial charge in [-0.2, -0.15) is 0 Å². The van der Waals surface area contributed by atoms with Crippen molar-refractivity contribution in [2.75, 3.05) is 40.9 Å². The number of aromatic nitrogens is 1. The highest BCUT2D eigenvalue weighted by molar-refractivity contribution is 7.89. The number of anilines is 4. The molecular weight excluding hydrogens is 486 g/mol. The lowest BCUT2D eigenvalue weighted by molar-refractivity contribution is 0.142. The van der Waals surface area contributed by atoms with Crippen LogP contribution in [0.1, 0.15) is 38.5 Å². The molecule has 2 N–H and O–H groups in total. The molecule has 4 aliphatic rings. The molecule has 1 saturated carbocycles. The van der Waals surface area contributed by atoms with Crippen LogP contribution in [0.4, 0.5) is 22.2 Å². The maximum Gasteiger partial charge on any atom is 0.254 e. The van der Waals surface area contributed by atoms with Gasteiger partial charge in [0, 0.05) is 41.8 Å². The Morgan fingerprint density at radius 2 is 1.91 bits per heavy atom. The second kappa shape index (κ2) is 8.05. The number of thiazole rings is 1. The minimum Gasteiger partial charge on any atom is -0.391 e. The van der Waals surface area contributed by atoms with Gasteiger partial charge >= 0.3 is 0 Å². The lowest BCUT2D eigenvalue weighted by atomic mass is 10.1. The number of hydrogen-bond donors (Lipinski definition) is 2. The molecule has 0 amide bonds. The normalized spacial score (nSPS) is 25.1. The predicted octanol–water partition coefficient (Wildman–Crippen LogP) is 2.73. The standard InChI is InChI=1S/C23H31N7O3S2/c1-14-12-28(13-15(2)25-14)18-9-17(35(31,32)27-23(4)5-6-23)10-19-20(18)29-7-8-33-26-21(29)30(19)22-24-11-16(3)34-22/h9-11,14-15,25,27H,5-8,12-13H2,1-4H3. The summed E-state index contributed by atoms with van der Waals surface area (Å²) < 4.78 is 30.1. The Morgan fingerprint density at radius 3 is 2.57 bits per heavy atom. The number of sulfonamides is 1. The van der Waals surface area contributed by atoms with Crippen LogP contribution in [-0.4, -0.2) is 63.2 Å². The van der Waals surface area contributed by atoms with Gasteiger partial charge in [0.1, 0.15) is 6.61 Å². The van der Waals surface area contributed by atoms with E-state index in [4.69, 9.17) is 4.84 Å². The molecule has 1 saturated heterocycles. The van der Waals surface area contributed by atoms with E-state index < -0.39 is 10.0 Å². The topological polar surface area (TPSA) is 102 Å². The molecule has 2 aromatic rings. The predicted molar refractivity (Wildman–Crippen MR) is 138 cm³/mol. The van der Waals surface area contributed by atoms with Crippen molar-refractivity contribution in [1.82, 2.24) is 15.0 Å². The molecule has 0 spiro atoms. The van der Waals surface area contributed by atoms with Gasteiger partial charge in [-0.05, 0) is 57.8 Å². The minimum atomic E-state index is -3.72. The van der Waals surface area contributed by atoms with Crippen molar-refractivity contribution in [1.29, 1.82) is 0 Å². The van der Waals surface area contributed by atoms with Gasteiger partial charge in [-0.15, -0.1) is 11.3 Å². The molecule has 4 heterocycles. The highest BCUT2D eigenvalue weighted by Crippen LogP contribution is 2.50. The maximum absolute atomic E-state index is 13.6. The lowest BCUT2D eigenvalue weighted by Crippen LogP contribution is -2.54. The fourth-order valence-corrected chi connectivity index (χ4v) is 7.39. The van der Waals surface area contributed by atoms with E-state index in [-0.39, 0.29) is 22.5 Å². The molecule has 2 fully saturated rings. The van der Waals surface area contributed by atoms with Crippen molar-refractivity contribution >= 4 is 49.5 Å². The number of piperazine rings is 1. The highest BCUT2D eigenvalue weighted by Gasteiger charge is 2.44. The molecule has 2 unspecified atom stereocenters. The molecule has 188 valence electrons. The van der Waals surface area contributed by atoms with E-state index in [9.17, 15) is 8.42 Å². The van der Waals surface area contributed by atoms with Crippen molar-refractivity contribution in [2.24, 2.45) is 5.16 Å². The third kappa shape index (κ3) is 4.05. The average Bonchev–Trinajstić information content (AvgIpc) is 3.21. The fraction of sp³-hybridized carbons (Fsp3) is 0.565. The summed E-state index contributed by atoms with van der Waals surface area (Å²) in [5, 5.41) is 8.70. The third-order valence-electron chi connectivity index (χ3n) is 6.94.